The maximum atomic E-state index is 12.5. The van der Waals surface area contributed by atoms with Crippen LogP contribution in [-0.4, -0.2) is 38.7 Å². The molecule has 27 heavy (non-hydrogen) atoms. The third-order valence-electron chi connectivity index (χ3n) is 3.77. The molecule has 6 nitrogen and oxygen atoms in total. The van der Waals surface area contributed by atoms with Crippen molar-refractivity contribution < 1.29 is 14.4 Å². The van der Waals surface area contributed by atoms with Crippen LogP contribution in [0.25, 0.3) is 0 Å². The van der Waals surface area contributed by atoms with Crippen molar-refractivity contribution >= 4 is 24.3 Å². The molecule has 0 bridgehead atoms. The molecule has 0 heterocycles. The highest BCUT2D eigenvalue weighted by Gasteiger charge is 2.24. The number of carbonyl (C=O) groups is 3. The smallest absolute Gasteiger partial charge is 0.252 e. The Labute approximate surface area is 163 Å². The normalized spacial score (nSPS) is 8.81. The van der Waals surface area contributed by atoms with Crippen LogP contribution in [-0.2, 0) is 4.79 Å². The zero-order valence-corrected chi connectivity index (χ0v) is 17.4. The first-order valence-electron chi connectivity index (χ1n) is 8.79. The van der Waals surface area contributed by atoms with Crippen LogP contribution in [0.4, 0.5) is 5.69 Å². The molecule has 0 atom stereocenters. The molecule has 3 N–H and O–H groups in total. The largest absolute Gasteiger partial charge is 0.388 e. The number of rotatable bonds is 7. The zero-order valence-electron chi connectivity index (χ0n) is 17.4. The summed E-state index contributed by atoms with van der Waals surface area (Å²) in [6.45, 7) is 19.5. The summed E-state index contributed by atoms with van der Waals surface area (Å²) in [5.74, 6) is -0.427. The first kappa shape index (κ1) is 26.3. The summed E-state index contributed by atoms with van der Waals surface area (Å²) in [6.07, 6.45) is 3.24. The maximum absolute atomic E-state index is 12.5. The lowest BCUT2D eigenvalue weighted by atomic mass is 9.90. The fraction of sp³-hybridized carbons (Fsp3) is 0.381. The van der Waals surface area contributed by atoms with E-state index in [0.717, 1.165) is 16.8 Å². The number of hydrogen-bond donors (Lipinski definition) is 3. The molecule has 0 fully saturated rings. The quantitative estimate of drug-likeness (QED) is 0.638. The van der Waals surface area contributed by atoms with Crippen LogP contribution in [0, 0.1) is 20.8 Å². The van der Waals surface area contributed by atoms with Gasteiger partial charge in [0.25, 0.3) is 11.8 Å². The van der Waals surface area contributed by atoms with Crippen LogP contribution in [0.5, 0.6) is 0 Å². The molecule has 0 aliphatic carbocycles. The van der Waals surface area contributed by atoms with E-state index in [0.29, 0.717) is 29.8 Å². The topological polar surface area (TPSA) is 87.3 Å². The number of carbonyl (C=O) groups excluding carboxylic acids is 3. The lowest BCUT2D eigenvalue weighted by molar-refractivity contribution is -0.0980. The van der Waals surface area contributed by atoms with E-state index in [1.54, 1.807) is 26.1 Å². The molecule has 1 rings (SSSR count). The van der Waals surface area contributed by atoms with Gasteiger partial charge in [-0.2, -0.15) is 0 Å². The second kappa shape index (κ2) is 14.3. The third kappa shape index (κ3) is 6.73. The van der Waals surface area contributed by atoms with E-state index < -0.39 is 0 Å². The second-order valence-electron chi connectivity index (χ2n) is 5.25. The van der Waals surface area contributed by atoms with Gasteiger partial charge >= 0.3 is 0 Å². The molecule has 0 spiro atoms. The van der Waals surface area contributed by atoms with Crippen molar-refractivity contribution in [2.45, 2.75) is 34.6 Å². The average molecular weight is 376 g/mol. The van der Waals surface area contributed by atoms with Gasteiger partial charge in [0.1, 0.15) is 6.79 Å². The van der Waals surface area contributed by atoms with Crippen molar-refractivity contribution in [2.24, 2.45) is 0 Å². The lowest BCUT2D eigenvalue weighted by Gasteiger charge is -2.21. The molecule has 0 unspecified atom stereocenters. The molecule has 150 valence electrons. The molecular weight excluding hydrogens is 342 g/mol. The Bertz CT molecular complexity index is 616. The van der Waals surface area contributed by atoms with Gasteiger partial charge in [0, 0.05) is 37.0 Å². The SMILES string of the molecule is C=CCNC(=O)c1c(C)c(NC)c(C)c(C(=O)NCC=C)c1C.C=O.CC. The predicted octanol–water partition coefficient (Wildman–Crippen LogP) is 3.33. The Kier molecular flexibility index (Phi) is 13.9. The average Bonchev–Trinajstić information content (AvgIpc) is 2.68. The molecule has 6 heteroatoms. The molecule has 0 aliphatic rings. The Morgan fingerprint density at radius 1 is 0.815 bits per heavy atom. The van der Waals surface area contributed by atoms with E-state index in [2.05, 4.69) is 29.1 Å². The first-order valence-corrected chi connectivity index (χ1v) is 8.79. The first-order chi connectivity index (χ1) is 12.9. The van der Waals surface area contributed by atoms with E-state index in [1.807, 2.05) is 34.5 Å². The molecular formula is C21H33N3O3. The predicted molar refractivity (Wildman–Crippen MR) is 114 cm³/mol. The van der Waals surface area contributed by atoms with Crippen LogP contribution in [0.3, 0.4) is 0 Å². The highest BCUT2D eigenvalue weighted by atomic mass is 16.2. The zero-order chi connectivity index (χ0) is 21.6. The number of nitrogens with one attached hydrogen (secondary N) is 3. The van der Waals surface area contributed by atoms with Crippen LogP contribution in [0.1, 0.15) is 51.3 Å². The van der Waals surface area contributed by atoms with Gasteiger partial charge < -0.3 is 20.7 Å². The van der Waals surface area contributed by atoms with E-state index in [4.69, 9.17) is 4.79 Å². The number of amides is 2. The van der Waals surface area contributed by atoms with Gasteiger partial charge in [-0.05, 0) is 37.5 Å². The van der Waals surface area contributed by atoms with E-state index >= 15 is 0 Å². The van der Waals surface area contributed by atoms with E-state index in [9.17, 15) is 9.59 Å². The highest BCUT2D eigenvalue weighted by Crippen LogP contribution is 2.31. The van der Waals surface area contributed by atoms with Crippen molar-refractivity contribution in [1.29, 1.82) is 0 Å². The minimum Gasteiger partial charge on any atom is -0.388 e. The summed E-state index contributed by atoms with van der Waals surface area (Å²) in [4.78, 5) is 33.0. The second-order valence-corrected chi connectivity index (χ2v) is 5.25. The summed E-state index contributed by atoms with van der Waals surface area (Å²) in [6, 6.07) is 0. The fourth-order valence-electron chi connectivity index (χ4n) is 2.78. The van der Waals surface area contributed by atoms with E-state index in [-0.39, 0.29) is 11.8 Å². The van der Waals surface area contributed by atoms with Crippen molar-refractivity contribution in [3.8, 4) is 0 Å². The van der Waals surface area contributed by atoms with Crippen LogP contribution < -0.4 is 16.0 Å². The Balaban J connectivity index is 0. The fourth-order valence-corrected chi connectivity index (χ4v) is 2.78. The minimum absolute atomic E-state index is 0.214. The van der Waals surface area contributed by atoms with Crippen molar-refractivity contribution in [3.63, 3.8) is 0 Å². The molecule has 0 radical (unpaired) electrons. The Morgan fingerprint density at radius 3 is 1.41 bits per heavy atom. The maximum Gasteiger partial charge on any atom is 0.252 e. The third-order valence-corrected chi connectivity index (χ3v) is 3.77. The molecule has 0 saturated heterocycles. The standard InChI is InChI=1S/C18H25N3O2.C2H6.CH2O/c1-7-9-20-17(22)14-11(3)15(18(23)21-10-8-2)13(5)16(19-6)12(14)4;2*1-2/h7-8,19H,1-2,9-10H2,3-6H3,(H,20,22)(H,21,23);1-2H3;1H2. The summed E-state index contributed by atoms with van der Waals surface area (Å²) < 4.78 is 0. The number of benzene rings is 1. The molecule has 0 aliphatic heterocycles. The van der Waals surface area contributed by atoms with Gasteiger partial charge in [0.15, 0.2) is 0 Å². The molecule has 0 saturated carbocycles. The molecule has 2 amide bonds. The Morgan fingerprint density at radius 2 is 1.15 bits per heavy atom. The number of anilines is 1. The van der Waals surface area contributed by atoms with E-state index in [1.165, 1.54) is 0 Å². The summed E-state index contributed by atoms with van der Waals surface area (Å²) in [5.41, 5.74) is 4.15. The van der Waals surface area contributed by atoms with Crippen LogP contribution >= 0.6 is 0 Å². The van der Waals surface area contributed by atoms with Crippen molar-refractivity contribution in [1.82, 2.24) is 10.6 Å². The summed E-state index contributed by atoms with van der Waals surface area (Å²) in [5, 5.41) is 8.65. The van der Waals surface area contributed by atoms with Crippen LogP contribution in [0.2, 0.25) is 0 Å². The monoisotopic (exact) mass is 375 g/mol. The summed E-state index contributed by atoms with van der Waals surface area (Å²) in [7, 11) is 1.78. The van der Waals surface area contributed by atoms with Gasteiger partial charge in [-0.1, -0.05) is 26.0 Å². The van der Waals surface area contributed by atoms with Gasteiger partial charge in [0.05, 0.1) is 0 Å². The Hall–Kier alpha value is -2.89. The van der Waals surface area contributed by atoms with Crippen molar-refractivity contribution in [2.75, 3.05) is 25.5 Å². The molecule has 1 aromatic rings. The van der Waals surface area contributed by atoms with Gasteiger partial charge in [-0.15, -0.1) is 13.2 Å². The van der Waals surface area contributed by atoms with Crippen LogP contribution in [0.15, 0.2) is 25.3 Å². The van der Waals surface area contributed by atoms with Gasteiger partial charge in [0.2, 0.25) is 0 Å². The minimum atomic E-state index is -0.214. The highest BCUT2D eigenvalue weighted by molar-refractivity contribution is 6.06. The molecule has 0 aromatic heterocycles. The molecule has 1 aromatic carbocycles. The van der Waals surface area contributed by atoms with Crippen molar-refractivity contribution in [3.05, 3.63) is 53.1 Å². The number of hydrogen-bond acceptors (Lipinski definition) is 4. The van der Waals surface area contributed by atoms with Gasteiger partial charge in [-0.3, -0.25) is 9.59 Å². The summed E-state index contributed by atoms with van der Waals surface area (Å²) >= 11 is 0. The lowest BCUT2D eigenvalue weighted by Crippen LogP contribution is -2.29. The van der Waals surface area contributed by atoms with Gasteiger partial charge in [-0.25, -0.2) is 0 Å².